The van der Waals surface area contributed by atoms with E-state index >= 15 is 0 Å². The lowest BCUT2D eigenvalue weighted by molar-refractivity contribution is -0.150. The molecule has 1 amide bonds. The number of halogens is 2. The number of hydrogen-bond acceptors (Lipinski definition) is 2. The number of aliphatic carboxylic acids is 1. The molecule has 1 saturated heterocycles. The Labute approximate surface area is 120 Å². The van der Waals surface area contributed by atoms with E-state index in [1.165, 1.54) is 11.0 Å². The van der Waals surface area contributed by atoms with Crippen molar-refractivity contribution in [1.29, 1.82) is 0 Å². The minimum absolute atomic E-state index is 0.180. The highest BCUT2D eigenvalue weighted by Crippen LogP contribution is 2.31. The van der Waals surface area contributed by atoms with Crippen LogP contribution in [0.1, 0.15) is 36.7 Å². The van der Waals surface area contributed by atoms with Gasteiger partial charge in [-0.2, -0.15) is 0 Å². The van der Waals surface area contributed by atoms with E-state index in [1.807, 2.05) is 0 Å². The molecule has 104 valence electrons. The smallest absolute Gasteiger partial charge is 0.329 e. The summed E-state index contributed by atoms with van der Waals surface area (Å²) in [4.78, 5) is 27.9. The third kappa shape index (κ3) is 2.44. The molecule has 2 rings (SSSR count). The molecule has 1 aliphatic rings. The molecule has 2 N–H and O–H groups in total. The second-order valence-electron chi connectivity index (χ2n) is 4.84. The van der Waals surface area contributed by atoms with Gasteiger partial charge in [-0.05, 0) is 32.3 Å². The summed E-state index contributed by atoms with van der Waals surface area (Å²) in [6, 6.07) is 1.42. The summed E-state index contributed by atoms with van der Waals surface area (Å²) in [7, 11) is 0. The van der Waals surface area contributed by atoms with Gasteiger partial charge in [0.1, 0.15) is 16.4 Å². The van der Waals surface area contributed by atoms with Gasteiger partial charge in [0, 0.05) is 6.54 Å². The van der Waals surface area contributed by atoms with E-state index in [1.54, 1.807) is 6.92 Å². The van der Waals surface area contributed by atoms with Crippen molar-refractivity contribution in [1.82, 2.24) is 9.88 Å². The van der Waals surface area contributed by atoms with Crippen LogP contribution in [0.2, 0.25) is 10.2 Å². The molecule has 0 bridgehead atoms. The molecule has 0 saturated carbocycles. The van der Waals surface area contributed by atoms with Crippen LogP contribution in [0.25, 0.3) is 0 Å². The number of nitrogens with one attached hydrogen (secondary N) is 1. The van der Waals surface area contributed by atoms with Crippen LogP contribution in [0, 0.1) is 0 Å². The third-order valence-corrected chi connectivity index (χ3v) is 4.25. The Kier molecular flexibility index (Phi) is 3.78. The summed E-state index contributed by atoms with van der Waals surface area (Å²) >= 11 is 11.6. The van der Waals surface area contributed by atoms with Crippen LogP contribution in [0.15, 0.2) is 6.07 Å². The summed E-state index contributed by atoms with van der Waals surface area (Å²) in [6.45, 7) is 1.98. The predicted molar refractivity (Wildman–Crippen MR) is 71.7 cm³/mol. The zero-order valence-electron chi connectivity index (χ0n) is 10.4. The lowest BCUT2D eigenvalue weighted by atomic mass is 9.88. The predicted octanol–water partition coefficient (Wildman–Crippen LogP) is 2.79. The maximum Gasteiger partial charge on any atom is 0.329 e. The van der Waals surface area contributed by atoms with E-state index in [9.17, 15) is 14.7 Å². The van der Waals surface area contributed by atoms with Crippen LogP contribution in [0.3, 0.4) is 0 Å². The van der Waals surface area contributed by atoms with E-state index in [2.05, 4.69) is 4.98 Å². The fourth-order valence-corrected chi connectivity index (χ4v) is 2.65. The number of carbonyl (C=O) groups is 2. The monoisotopic (exact) mass is 304 g/mol. The lowest BCUT2D eigenvalue weighted by Crippen LogP contribution is -2.57. The Morgan fingerprint density at radius 1 is 1.42 bits per heavy atom. The molecular weight excluding hydrogens is 291 g/mol. The maximum atomic E-state index is 12.4. The standard InChI is InChI=1S/C12H14Cl2N2O3/c1-12(11(18)19)4-2-3-5-16(12)10(17)8-6-7(13)9(14)15-8/h6,15H,2-5H2,1H3,(H,18,19). The number of piperidine rings is 1. The number of aromatic amines is 1. The van der Waals surface area contributed by atoms with Crippen LogP contribution >= 0.6 is 23.2 Å². The summed E-state index contributed by atoms with van der Waals surface area (Å²) in [6.07, 6.45) is 2.02. The van der Waals surface area contributed by atoms with Crippen molar-refractivity contribution >= 4 is 35.1 Å². The van der Waals surface area contributed by atoms with Crippen molar-refractivity contribution in [2.45, 2.75) is 31.7 Å². The minimum atomic E-state index is -1.18. The Balaban J connectivity index is 2.33. The highest BCUT2D eigenvalue weighted by molar-refractivity contribution is 6.41. The number of amides is 1. The topological polar surface area (TPSA) is 73.4 Å². The van der Waals surface area contributed by atoms with E-state index in [0.29, 0.717) is 13.0 Å². The van der Waals surface area contributed by atoms with E-state index in [4.69, 9.17) is 23.2 Å². The van der Waals surface area contributed by atoms with Crippen LogP contribution in [-0.4, -0.2) is 39.0 Å². The molecule has 0 aromatic carbocycles. The van der Waals surface area contributed by atoms with Crippen LogP contribution in [0.4, 0.5) is 0 Å². The van der Waals surface area contributed by atoms with Crippen LogP contribution in [-0.2, 0) is 4.79 Å². The maximum absolute atomic E-state index is 12.4. The van der Waals surface area contributed by atoms with Crippen molar-refractivity contribution in [3.8, 4) is 0 Å². The Hall–Kier alpha value is -1.20. The van der Waals surface area contributed by atoms with Gasteiger partial charge in [0.2, 0.25) is 0 Å². The number of likely N-dealkylation sites (tertiary alicyclic amines) is 1. The van der Waals surface area contributed by atoms with E-state index < -0.39 is 17.4 Å². The fraction of sp³-hybridized carbons (Fsp3) is 0.500. The quantitative estimate of drug-likeness (QED) is 0.882. The zero-order valence-corrected chi connectivity index (χ0v) is 11.9. The molecular formula is C12H14Cl2N2O3. The molecule has 1 atom stereocenters. The molecule has 5 nitrogen and oxygen atoms in total. The third-order valence-electron chi connectivity index (χ3n) is 3.55. The molecule has 2 heterocycles. The number of nitrogens with zero attached hydrogens (tertiary/aromatic N) is 1. The molecule has 1 aromatic heterocycles. The van der Waals surface area contributed by atoms with Gasteiger partial charge in [0.25, 0.3) is 5.91 Å². The first-order chi connectivity index (χ1) is 8.86. The van der Waals surface area contributed by atoms with Gasteiger partial charge in [0.15, 0.2) is 0 Å². The van der Waals surface area contributed by atoms with Gasteiger partial charge < -0.3 is 15.0 Å². The normalized spacial score (nSPS) is 23.4. The first-order valence-corrected chi connectivity index (χ1v) is 6.71. The first kappa shape index (κ1) is 14.2. The second kappa shape index (κ2) is 5.06. The first-order valence-electron chi connectivity index (χ1n) is 5.95. The molecule has 0 aliphatic carbocycles. The molecule has 0 spiro atoms. The van der Waals surface area contributed by atoms with Gasteiger partial charge in [-0.15, -0.1) is 0 Å². The van der Waals surface area contributed by atoms with Gasteiger partial charge in [0.05, 0.1) is 5.02 Å². The number of carbonyl (C=O) groups excluding carboxylic acids is 1. The van der Waals surface area contributed by atoms with Crippen LogP contribution in [0.5, 0.6) is 0 Å². The molecule has 0 radical (unpaired) electrons. The van der Waals surface area contributed by atoms with E-state index in [-0.39, 0.29) is 15.9 Å². The summed E-state index contributed by atoms with van der Waals surface area (Å²) in [5.74, 6) is -1.39. The Bertz CT molecular complexity index is 510. The average molecular weight is 305 g/mol. The Morgan fingerprint density at radius 2 is 2.11 bits per heavy atom. The molecule has 7 heteroatoms. The van der Waals surface area contributed by atoms with Crippen molar-refractivity contribution in [2.75, 3.05) is 6.54 Å². The number of H-pyrrole nitrogens is 1. The van der Waals surface area contributed by atoms with Gasteiger partial charge in [-0.1, -0.05) is 23.2 Å². The fourth-order valence-electron chi connectivity index (χ4n) is 2.33. The van der Waals surface area contributed by atoms with Crippen molar-refractivity contribution in [2.24, 2.45) is 0 Å². The molecule has 1 aromatic rings. The summed E-state index contributed by atoms with van der Waals surface area (Å²) in [5.41, 5.74) is -0.969. The average Bonchev–Trinajstić information content (AvgIpc) is 2.69. The van der Waals surface area contributed by atoms with Crippen molar-refractivity contribution in [3.63, 3.8) is 0 Å². The summed E-state index contributed by atoms with van der Waals surface area (Å²) < 4.78 is 0. The Morgan fingerprint density at radius 3 is 2.63 bits per heavy atom. The lowest BCUT2D eigenvalue weighted by Gasteiger charge is -2.41. The number of carboxylic acids is 1. The molecule has 19 heavy (non-hydrogen) atoms. The number of hydrogen-bond donors (Lipinski definition) is 2. The largest absolute Gasteiger partial charge is 0.480 e. The van der Waals surface area contributed by atoms with Crippen molar-refractivity contribution < 1.29 is 14.7 Å². The molecule has 1 aliphatic heterocycles. The molecule has 1 fully saturated rings. The van der Waals surface area contributed by atoms with Crippen LogP contribution < -0.4 is 0 Å². The number of aromatic nitrogens is 1. The van der Waals surface area contributed by atoms with Gasteiger partial charge in [-0.25, -0.2) is 4.79 Å². The van der Waals surface area contributed by atoms with Gasteiger partial charge in [-0.3, -0.25) is 4.79 Å². The number of carboxylic acid groups (broad SMARTS) is 1. The molecule has 1 unspecified atom stereocenters. The minimum Gasteiger partial charge on any atom is -0.480 e. The van der Waals surface area contributed by atoms with Crippen molar-refractivity contribution in [3.05, 3.63) is 21.9 Å². The highest BCUT2D eigenvalue weighted by atomic mass is 35.5. The SMILES string of the molecule is CC1(C(=O)O)CCCCN1C(=O)c1cc(Cl)c(Cl)[nH]1. The highest BCUT2D eigenvalue weighted by Gasteiger charge is 2.44. The summed E-state index contributed by atoms with van der Waals surface area (Å²) in [5, 5.41) is 9.80. The van der Waals surface area contributed by atoms with E-state index in [0.717, 1.165) is 12.8 Å². The number of rotatable bonds is 2. The zero-order chi connectivity index (χ0) is 14.2. The van der Waals surface area contributed by atoms with Gasteiger partial charge >= 0.3 is 5.97 Å². The second-order valence-corrected chi connectivity index (χ2v) is 5.62.